The highest BCUT2D eigenvalue weighted by molar-refractivity contribution is 6.07. The predicted octanol–water partition coefficient (Wildman–Crippen LogP) is 3.75. The van der Waals surface area contributed by atoms with Gasteiger partial charge in [-0.25, -0.2) is 4.98 Å². The van der Waals surface area contributed by atoms with Crippen LogP contribution in [0.3, 0.4) is 0 Å². The van der Waals surface area contributed by atoms with Crippen LogP contribution < -0.4 is 10.1 Å². The first-order chi connectivity index (χ1) is 12.8. The molecule has 0 aliphatic heterocycles. The Hall–Kier alpha value is -2.95. The van der Waals surface area contributed by atoms with Crippen LogP contribution in [-0.2, 0) is 0 Å². The number of carbonyl (C=O) groups excluding carboxylic acids is 1. The minimum atomic E-state index is 0.0000874. The first kappa shape index (κ1) is 16.5. The molecule has 3 aromatic rings. The molecule has 1 amide bonds. The van der Waals surface area contributed by atoms with Gasteiger partial charge in [-0.3, -0.25) is 9.78 Å². The van der Waals surface area contributed by atoms with E-state index >= 15 is 0 Å². The highest BCUT2D eigenvalue weighted by Crippen LogP contribution is 2.24. The Bertz CT molecular complexity index is 885. The molecule has 0 bridgehead atoms. The van der Waals surface area contributed by atoms with Crippen LogP contribution in [0.5, 0.6) is 5.88 Å². The summed E-state index contributed by atoms with van der Waals surface area (Å²) >= 11 is 0. The van der Waals surface area contributed by atoms with Crippen LogP contribution in [0.4, 0.5) is 0 Å². The standard InChI is InChI=1S/C21H21N3O2/c25-21(19-7-3-5-15-4-1-2-6-18(15)19)24-16-8-10-17(11-9-16)26-20-14-22-12-13-23-20/h1-7,12-14,16-17H,8-11H2,(H,24,25). The van der Waals surface area contributed by atoms with E-state index in [0.717, 1.165) is 42.0 Å². The lowest BCUT2D eigenvalue weighted by atomic mass is 9.92. The summed E-state index contributed by atoms with van der Waals surface area (Å²) in [6.45, 7) is 0. The van der Waals surface area contributed by atoms with Crippen molar-refractivity contribution in [3.63, 3.8) is 0 Å². The third-order valence-corrected chi connectivity index (χ3v) is 4.87. The molecule has 5 heteroatoms. The first-order valence-corrected chi connectivity index (χ1v) is 9.01. The molecule has 1 aromatic heterocycles. The lowest BCUT2D eigenvalue weighted by Crippen LogP contribution is -2.39. The molecule has 1 N–H and O–H groups in total. The summed E-state index contributed by atoms with van der Waals surface area (Å²) in [5, 5.41) is 5.27. The van der Waals surface area contributed by atoms with Gasteiger partial charge in [0.05, 0.1) is 6.20 Å². The second kappa shape index (κ2) is 7.52. The summed E-state index contributed by atoms with van der Waals surface area (Å²) in [5.41, 5.74) is 0.737. The zero-order chi connectivity index (χ0) is 17.8. The molecule has 132 valence electrons. The summed E-state index contributed by atoms with van der Waals surface area (Å²) in [5.74, 6) is 0.566. The number of rotatable bonds is 4. The van der Waals surface area contributed by atoms with E-state index in [0.29, 0.717) is 5.88 Å². The molecule has 0 atom stereocenters. The Morgan fingerprint density at radius 2 is 1.81 bits per heavy atom. The van der Waals surface area contributed by atoms with Crippen LogP contribution in [0.15, 0.2) is 61.1 Å². The maximum atomic E-state index is 12.7. The quantitative estimate of drug-likeness (QED) is 0.781. The molecule has 4 rings (SSSR count). The van der Waals surface area contributed by atoms with E-state index in [-0.39, 0.29) is 18.1 Å². The molecular formula is C21H21N3O2. The number of nitrogens with one attached hydrogen (secondary N) is 1. The smallest absolute Gasteiger partial charge is 0.252 e. The van der Waals surface area contributed by atoms with Crippen molar-refractivity contribution in [1.29, 1.82) is 0 Å². The van der Waals surface area contributed by atoms with Gasteiger partial charge in [0.25, 0.3) is 5.91 Å². The predicted molar refractivity (Wildman–Crippen MR) is 100 cm³/mol. The van der Waals surface area contributed by atoms with Gasteiger partial charge in [-0.2, -0.15) is 0 Å². The van der Waals surface area contributed by atoms with Crippen LogP contribution in [0, 0.1) is 0 Å². The maximum Gasteiger partial charge on any atom is 0.252 e. The lowest BCUT2D eigenvalue weighted by Gasteiger charge is -2.29. The van der Waals surface area contributed by atoms with E-state index < -0.39 is 0 Å². The molecule has 0 unspecified atom stereocenters. The molecule has 1 saturated carbocycles. The number of fused-ring (bicyclic) bond motifs is 1. The minimum absolute atomic E-state index is 0.0000874. The van der Waals surface area contributed by atoms with Crippen LogP contribution in [0.25, 0.3) is 10.8 Å². The average Bonchev–Trinajstić information content (AvgIpc) is 2.70. The van der Waals surface area contributed by atoms with E-state index in [4.69, 9.17) is 4.74 Å². The van der Waals surface area contributed by atoms with E-state index in [2.05, 4.69) is 15.3 Å². The second-order valence-corrected chi connectivity index (χ2v) is 6.64. The summed E-state index contributed by atoms with van der Waals surface area (Å²) in [7, 11) is 0. The van der Waals surface area contributed by atoms with Crippen molar-refractivity contribution in [3.05, 3.63) is 66.6 Å². The summed E-state index contributed by atoms with van der Waals surface area (Å²) < 4.78 is 5.86. The zero-order valence-electron chi connectivity index (χ0n) is 14.5. The summed E-state index contributed by atoms with van der Waals surface area (Å²) in [6, 6.07) is 14.0. The van der Waals surface area contributed by atoms with Crippen LogP contribution >= 0.6 is 0 Å². The number of aromatic nitrogens is 2. The van der Waals surface area contributed by atoms with Gasteiger partial charge in [0.2, 0.25) is 5.88 Å². The Balaban J connectivity index is 1.36. The molecule has 1 aliphatic carbocycles. The van der Waals surface area contributed by atoms with E-state index in [1.54, 1.807) is 18.6 Å². The number of amides is 1. The summed E-state index contributed by atoms with van der Waals surface area (Å²) in [6.07, 6.45) is 8.64. The van der Waals surface area contributed by atoms with Crippen LogP contribution in [0.1, 0.15) is 36.0 Å². The molecule has 0 radical (unpaired) electrons. The van der Waals surface area contributed by atoms with Crippen molar-refractivity contribution in [3.8, 4) is 5.88 Å². The van der Waals surface area contributed by atoms with Crippen molar-refractivity contribution in [1.82, 2.24) is 15.3 Å². The SMILES string of the molecule is O=C(NC1CCC(Oc2cnccn2)CC1)c1cccc2ccccc12. The normalized spacial score (nSPS) is 19.8. The van der Waals surface area contributed by atoms with E-state index in [1.165, 1.54) is 0 Å². The van der Waals surface area contributed by atoms with Crippen molar-refractivity contribution < 1.29 is 9.53 Å². The Kier molecular flexibility index (Phi) is 4.78. The molecule has 1 heterocycles. The molecule has 1 aliphatic rings. The minimum Gasteiger partial charge on any atom is -0.473 e. The molecule has 1 fully saturated rings. The fourth-order valence-corrected chi connectivity index (χ4v) is 3.53. The molecule has 2 aromatic carbocycles. The molecule has 0 saturated heterocycles. The number of nitrogens with zero attached hydrogens (tertiary/aromatic N) is 2. The van der Waals surface area contributed by atoms with Crippen LogP contribution in [-0.4, -0.2) is 28.0 Å². The number of benzene rings is 2. The van der Waals surface area contributed by atoms with Gasteiger partial charge in [-0.1, -0.05) is 36.4 Å². The van der Waals surface area contributed by atoms with Gasteiger partial charge in [0, 0.05) is 24.0 Å². The van der Waals surface area contributed by atoms with Gasteiger partial charge in [-0.05, 0) is 42.5 Å². The Labute approximate surface area is 152 Å². The molecule has 0 spiro atoms. The van der Waals surface area contributed by atoms with Crippen molar-refractivity contribution in [2.75, 3.05) is 0 Å². The van der Waals surface area contributed by atoms with Gasteiger partial charge >= 0.3 is 0 Å². The fraction of sp³-hybridized carbons (Fsp3) is 0.286. The highest BCUT2D eigenvalue weighted by Gasteiger charge is 2.24. The van der Waals surface area contributed by atoms with Crippen molar-refractivity contribution >= 4 is 16.7 Å². The monoisotopic (exact) mass is 347 g/mol. The van der Waals surface area contributed by atoms with Crippen molar-refractivity contribution in [2.24, 2.45) is 0 Å². The Morgan fingerprint density at radius 3 is 2.62 bits per heavy atom. The first-order valence-electron chi connectivity index (χ1n) is 9.01. The molecule has 26 heavy (non-hydrogen) atoms. The van der Waals surface area contributed by atoms with Gasteiger partial charge in [0.15, 0.2) is 0 Å². The van der Waals surface area contributed by atoms with E-state index in [9.17, 15) is 4.79 Å². The molecule has 5 nitrogen and oxygen atoms in total. The fourth-order valence-electron chi connectivity index (χ4n) is 3.53. The number of hydrogen-bond donors (Lipinski definition) is 1. The second-order valence-electron chi connectivity index (χ2n) is 6.64. The van der Waals surface area contributed by atoms with Gasteiger partial charge in [-0.15, -0.1) is 0 Å². The topological polar surface area (TPSA) is 64.1 Å². The van der Waals surface area contributed by atoms with Crippen molar-refractivity contribution in [2.45, 2.75) is 37.8 Å². The largest absolute Gasteiger partial charge is 0.473 e. The van der Waals surface area contributed by atoms with Crippen LogP contribution in [0.2, 0.25) is 0 Å². The van der Waals surface area contributed by atoms with Gasteiger partial charge < -0.3 is 10.1 Å². The number of ether oxygens (including phenoxy) is 1. The zero-order valence-corrected chi connectivity index (χ0v) is 14.5. The molecular weight excluding hydrogens is 326 g/mol. The number of hydrogen-bond acceptors (Lipinski definition) is 4. The highest BCUT2D eigenvalue weighted by atomic mass is 16.5. The Morgan fingerprint density at radius 1 is 1.00 bits per heavy atom. The van der Waals surface area contributed by atoms with E-state index in [1.807, 2.05) is 42.5 Å². The maximum absolute atomic E-state index is 12.7. The third kappa shape index (κ3) is 3.67. The summed E-state index contributed by atoms with van der Waals surface area (Å²) in [4.78, 5) is 20.9. The number of carbonyl (C=O) groups is 1. The lowest BCUT2D eigenvalue weighted by molar-refractivity contribution is 0.0891. The van der Waals surface area contributed by atoms with Gasteiger partial charge in [0.1, 0.15) is 6.10 Å². The average molecular weight is 347 g/mol. The third-order valence-electron chi connectivity index (χ3n) is 4.87.